The molecule has 0 aliphatic rings. The summed E-state index contributed by atoms with van der Waals surface area (Å²) in [6.07, 6.45) is 1.37. The van der Waals surface area contributed by atoms with E-state index in [0.29, 0.717) is 22.5 Å². The topological polar surface area (TPSA) is 50.2 Å². The first-order valence-corrected chi connectivity index (χ1v) is 8.27. The van der Waals surface area contributed by atoms with Crippen LogP contribution in [0, 0.1) is 11.6 Å². The third-order valence-electron chi connectivity index (χ3n) is 4.00. The Labute approximate surface area is 154 Å². The van der Waals surface area contributed by atoms with Crippen molar-refractivity contribution in [2.24, 2.45) is 5.10 Å². The highest BCUT2D eigenvalue weighted by molar-refractivity contribution is 5.91. The average molecular weight is 360 g/mol. The van der Waals surface area contributed by atoms with Crippen molar-refractivity contribution in [1.82, 2.24) is 9.97 Å². The number of anilines is 1. The highest BCUT2D eigenvalue weighted by Crippen LogP contribution is 2.26. The van der Waals surface area contributed by atoms with Gasteiger partial charge in [0.05, 0.1) is 17.3 Å². The number of nitrogens with one attached hydrogen (secondary N) is 1. The van der Waals surface area contributed by atoms with Gasteiger partial charge in [-0.15, -0.1) is 0 Å². The Morgan fingerprint density at radius 2 is 1.48 bits per heavy atom. The lowest BCUT2D eigenvalue weighted by Crippen LogP contribution is -2.00. The number of hydrogen-bond acceptors (Lipinski definition) is 4. The molecule has 0 saturated carbocycles. The fourth-order valence-electron chi connectivity index (χ4n) is 2.67. The summed E-state index contributed by atoms with van der Waals surface area (Å²) < 4.78 is 27.9. The molecule has 6 heteroatoms. The molecule has 0 aliphatic heterocycles. The predicted molar refractivity (Wildman–Crippen MR) is 103 cm³/mol. The Kier molecular flexibility index (Phi) is 4.53. The minimum Gasteiger partial charge on any atom is -0.261 e. The normalized spacial score (nSPS) is 11.2. The van der Waals surface area contributed by atoms with E-state index < -0.39 is 5.82 Å². The average Bonchev–Trinajstić information content (AvgIpc) is 2.69. The zero-order valence-corrected chi connectivity index (χ0v) is 14.1. The Hall–Kier alpha value is -3.67. The number of nitrogens with zero attached hydrogens (tertiary/aromatic N) is 3. The van der Waals surface area contributed by atoms with Crippen LogP contribution in [0.2, 0.25) is 0 Å². The van der Waals surface area contributed by atoms with Gasteiger partial charge in [-0.2, -0.15) is 5.10 Å². The zero-order valence-electron chi connectivity index (χ0n) is 14.1. The van der Waals surface area contributed by atoms with Gasteiger partial charge in [-0.05, 0) is 30.3 Å². The molecule has 0 radical (unpaired) electrons. The molecule has 0 spiro atoms. The molecule has 0 bridgehead atoms. The second kappa shape index (κ2) is 7.29. The maximum atomic E-state index is 14.2. The van der Waals surface area contributed by atoms with Gasteiger partial charge in [0.1, 0.15) is 11.6 Å². The maximum Gasteiger partial charge on any atom is 0.165 e. The number of hydrazone groups is 1. The molecule has 0 atom stereocenters. The summed E-state index contributed by atoms with van der Waals surface area (Å²) in [6, 6.07) is 19.9. The fourth-order valence-corrected chi connectivity index (χ4v) is 2.67. The van der Waals surface area contributed by atoms with Crippen LogP contribution in [0.1, 0.15) is 5.56 Å². The molecule has 0 amide bonds. The van der Waals surface area contributed by atoms with Crippen LogP contribution in [0.15, 0.2) is 77.9 Å². The van der Waals surface area contributed by atoms with Gasteiger partial charge in [0.25, 0.3) is 0 Å². The van der Waals surface area contributed by atoms with Gasteiger partial charge in [0, 0.05) is 10.9 Å². The van der Waals surface area contributed by atoms with Gasteiger partial charge >= 0.3 is 0 Å². The third kappa shape index (κ3) is 3.50. The lowest BCUT2D eigenvalue weighted by atomic mass is 10.1. The van der Waals surface area contributed by atoms with Gasteiger partial charge < -0.3 is 0 Å². The molecule has 1 heterocycles. The largest absolute Gasteiger partial charge is 0.261 e. The minimum atomic E-state index is -0.409. The lowest BCUT2D eigenvalue weighted by Gasteiger charge is -2.08. The molecule has 0 saturated heterocycles. The highest BCUT2D eigenvalue weighted by atomic mass is 19.1. The van der Waals surface area contributed by atoms with E-state index in [-0.39, 0.29) is 11.6 Å². The Balaban J connectivity index is 1.75. The van der Waals surface area contributed by atoms with E-state index in [9.17, 15) is 8.78 Å². The summed E-state index contributed by atoms with van der Waals surface area (Å²) in [7, 11) is 0. The van der Waals surface area contributed by atoms with E-state index in [1.54, 1.807) is 36.4 Å². The summed E-state index contributed by atoms with van der Waals surface area (Å²) in [5.41, 5.74) is 4.11. The Morgan fingerprint density at radius 1 is 0.778 bits per heavy atom. The Morgan fingerprint density at radius 3 is 2.30 bits per heavy atom. The molecule has 132 valence electrons. The third-order valence-corrected chi connectivity index (χ3v) is 4.00. The molecule has 4 rings (SSSR count). The van der Waals surface area contributed by atoms with Crippen molar-refractivity contribution in [2.75, 3.05) is 5.43 Å². The number of para-hydroxylation sites is 1. The quantitative estimate of drug-likeness (QED) is 0.411. The van der Waals surface area contributed by atoms with Gasteiger partial charge in [0.2, 0.25) is 0 Å². The van der Waals surface area contributed by atoms with Gasteiger partial charge in [0.15, 0.2) is 11.6 Å². The molecule has 0 aliphatic carbocycles. The van der Waals surface area contributed by atoms with Crippen molar-refractivity contribution < 1.29 is 8.78 Å². The van der Waals surface area contributed by atoms with Crippen LogP contribution in [-0.2, 0) is 0 Å². The van der Waals surface area contributed by atoms with Crippen LogP contribution in [-0.4, -0.2) is 16.2 Å². The van der Waals surface area contributed by atoms with Crippen LogP contribution >= 0.6 is 0 Å². The number of rotatable bonds is 4. The molecule has 4 aromatic rings. The van der Waals surface area contributed by atoms with E-state index in [0.717, 1.165) is 5.39 Å². The zero-order chi connectivity index (χ0) is 18.6. The van der Waals surface area contributed by atoms with Crippen LogP contribution < -0.4 is 5.43 Å². The first kappa shape index (κ1) is 16.8. The van der Waals surface area contributed by atoms with Crippen molar-refractivity contribution in [3.63, 3.8) is 0 Å². The summed E-state index contributed by atoms with van der Waals surface area (Å²) >= 11 is 0. The molecule has 1 N–H and O–H groups in total. The predicted octanol–water partition coefficient (Wildman–Crippen LogP) is 5.02. The second-order valence-electron chi connectivity index (χ2n) is 5.78. The SMILES string of the molecule is Fc1ccccc1C=NNc1nc(-c2ccccc2F)nc2ccccc12. The number of aromatic nitrogens is 2. The summed E-state index contributed by atoms with van der Waals surface area (Å²) in [6.45, 7) is 0. The summed E-state index contributed by atoms with van der Waals surface area (Å²) in [5.74, 6) is -0.127. The maximum absolute atomic E-state index is 14.2. The molecule has 1 aromatic heterocycles. The van der Waals surface area contributed by atoms with E-state index in [1.165, 1.54) is 18.3 Å². The van der Waals surface area contributed by atoms with E-state index in [4.69, 9.17) is 0 Å². The number of hydrogen-bond donors (Lipinski definition) is 1. The minimum absolute atomic E-state index is 0.246. The molecular weight excluding hydrogens is 346 g/mol. The molecule has 27 heavy (non-hydrogen) atoms. The van der Waals surface area contributed by atoms with Crippen LogP contribution in [0.5, 0.6) is 0 Å². The lowest BCUT2D eigenvalue weighted by molar-refractivity contribution is 0.626. The standard InChI is InChI=1S/C21H14F2N4/c22-17-10-4-1-7-14(17)13-24-27-21-16-9-3-6-12-19(16)25-20(26-21)15-8-2-5-11-18(15)23/h1-13H,(H,25,26,27). The number of halogens is 2. The van der Waals surface area contributed by atoms with Gasteiger partial charge in [-0.1, -0.05) is 42.5 Å². The van der Waals surface area contributed by atoms with Crippen LogP contribution in [0.3, 0.4) is 0 Å². The molecule has 0 unspecified atom stereocenters. The number of benzene rings is 3. The molecular formula is C21H14F2N4. The fraction of sp³-hybridized carbons (Fsp3) is 0. The van der Waals surface area contributed by atoms with E-state index in [1.807, 2.05) is 24.3 Å². The van der Waals surface area contributed by atoms with Gasteiger partial charge in [-0.3, -0.25) is 5.43 Å². The molecule has 4 nitrogen and oxygen atoms in total. The van der Waals surface area contributed by atoms with Crippen molar-refractivity contribution >= 4 is 22.9 Å². The summed E-state index contributed by atoms with van der Waals surface area (Å²) in [4.78, 5) is 8.86. The van der Waals surface area contributed by atoms with Crippen LogP contribution in [0.25, 0.3) is 22.3 Å². The van der Waals surface area contributed by atoms with Crippen molar-refractivity contribution in [3.8, 4) is 11.4 Å². The smallest absolute Gasteiger partial charge is 0.165 e. The van der Waals surface area contributed by atoms with Crippen molar-refractivity contribution in [3.05, 3.63) is 90.0 Å². The molecule has 3 aromatic carbocycles. The molecule has 0 fully saturated rings. The van der Waals surface area contributed by atoms with Crippen molar-refractivity contribution in [2.45, 2.75) is 0 Å². The second-order valence-corrected chi connectivity index (χ2v) is 5.78. The first-order valence-electron chi connectivity index (χ1n) is 8.27. The Bertz CT molecular complexity index is 1140. The van der Waals surface area contributed by atoms with Crippen LogP contribution in [0.4, 0.5) is 14.6 Å². The van der Waals surface area contributed by atoms with Crippen molar-refractivity contribution in [1.29, 1.82) is 0 Å². The monoisotopic (exact) mass is 360 g/mol. The summed E-state index contributed by atoms with van der Waals surface area (Å²) in [5, 5.41) is 4.81. The first-order chi connectivity index (χ1) is 13.2. The van der Waals surface area contributed by atoms with E-state index in [2.05, 4.69) is 20.5 Å². The number of fused-ring (bicyclic) bond motifs is 1. The van der Waals surface area contributed by atoms with Gasteiger partial charge in [-0.25, -0.2) is 18.7 Å². The highest BCUT2D eigenvalue weighted by Gasteiger charge is 2.12. The van der Waals surface area contributed by atoms with E-state index >= 15 is 0 Å².